The van der Waals surface area contributed by atoms with Crippen LogP contribution in [0.3, 0.4) is 0 Å². The minimum atomic E-state index is 0.134. The number of carbonyl (C=O) groups is 1. The highest BCUT2D eigenvalue weighted by Gasteiger charge is 2.22. The minimum Gasteiger partial charge on any atom is -0.352 e. The van der Waals surface area contributed by atoms with Crippen molar-refractivity contribution in [3.8, 4) is 0 Å². The van der Waals surface area contributed by atoms with Crippen LogP contribution in [0.1, 0.15) is 5.69 Å². The van der Waals surface area contributed by atoms with Gasteiger partial charge in [-0.15, -0.1) is 11.3 Å². The van der Waals surface area contributed by atoms with Crippen LogP contribution in [0, 0.1) is 0 Å². The van der Waals surface area contributed by atoms with Gasteiger partial charge in [0.15, 0.2) is 4.96 Å². The van der Waals surface area contributed by atoms with Crippen molar-refractivity contribution in [3.05, 3.63) is 42.1 Å². The quantitative estimate of drug-likeness (QED) is 0.720. The van der Waals surface area contributed by atoms with Gasteiger partial charge in [-0.3, -0.25) is 14.2 Å². The van der Waals surface area contributed by atoms with Crippen molar-refractivity contribution < 1.29 is 4.79 Å². The predicted molar refractivity (Wildman–Crippen MR) is 87.6 cm³/mol. The Morgan fingerprint density at radius 1 is 1.22 bits per heavy atom. The van der Waals surface area contributed by atoms with E-state index in [0.717, 1.165) is 29.6 Å². The molecule has 0 N–H and O–H groups in total. The number of imidazole rings is 1. The third-order valence-electron chi connectivity index (χ3n) is 3.98. The molecule has 0 radical (unpaired) electrons. The molecule has 0 bridgehead atoms. The molecule has 1 aliphatic heterocycles. The van der Waals surface area contributed by atoms with Crippen LogP contribution in [0.2, 0.25) is 0 Å². The molecular weight excluding hydrogens is 312 g/mol. The maximum Gasteiger partial charge on any atom is 0.228 e. The third kappa shape index (κ3) is 2.89. The Kier molecular flexibility index (Phi) is 3.66. The summed E-state index contributed by atoms with van der Waals surface area (Å²) >= 11 is 1.58. The molecular formula is C15H16N6OS. The molecule has 118 valence electrons. The average molecular weight is 328 g/mol. The number of piperazine rings is 1. The number of carbonyl (C=O) groups excluding carboxylic acids is 1. The zero-order valence-electron chi connectivity index (χ0n) is 12.5. The highest BCUT2D eigenvalue weighted by Crippen LogP contribution is 2.14. The first-order valence-corrected chi connectivity index (χ1v) is 8.37. The lowest BCUT2D eigenvalue weighted by molar-refractivity contribution is -0.130. The van der Waals surface area contributed by atoms with E-state index in [-0.39, 0.29) is 5.91 Å². The lowest BCUT2D eigenvalue weighted by Crippen LogP contribution is -2.49. The van der Waals surface area contributed by atoms with Crippen LogP contribution in [0.4, 0.5) is 5.82 Å². The molecule has 3 aromatic heterocycles. The summed E-state index contributed by atoms with van der Waals surface area (Å²) in [6.07, 6.45) is 9.37. The summed E-state index contributed by atoms with van der Waals surface area (Å²) in [5, 5.41) is 1.99. The number of hydrogen-bond acceptors (Lipinski definition) is 6. The molecule has 7 nitrogen and oxygen atoms in total. The van der Waals surface area contributed by atoms with Crippen molar-refractivity contribution in [2.24, 2.45) is 0 Å². The third-order valence-corrected chi connectivity index (χ3v) is 4.75. The second kappa shape index (κ2) is 5.96. The Bertz CT molecular complexity index is 777. The van der Waals surface area contributed by atoms with Crippen molar-refractivity contribution >= 4 is 28.0 Å². The number of rotatable bonds is 3. The van der Waals surface area contributed by atoms with E-state index in [2.05, 4.69) is 19.9 Å². The Hall–Kier alpha value is -2.48. The zero-order valence-corrected chi connectivity index (χ0v) is 13.3. The number of thiazole rings is 1. The van der Waals surface area contributed by atoms with E-state index >= 15 is 0 Å². The number of anilines is 1. The van der Waals surface area contributed by atoms with Crippen molar-refractivity contribution in [2.45, 2.75) is 6.42 Å². The molecule has 0 aromatic carbocycles. The maximum absolute atomic E-state index is 12.4. The first kappa shape index (κ1) is 14.1. The summed E-state index contributed by atoms with van der Waals surface area (Å²) in [5.74, 6) is 1.00. The zero-order chi connectivity index (χ0) is 15.6. The monoisotopic (exact) mass is 328 g/mol. The molecule has 0 saturated carbocycles. The van der Waals surface area contributed by atoms with Gasteiger partial charge in [0.05, 0.1) is 18.3 Å². The smallest absolute Gasteiger partial charge is 0.228 e. The van der Waals surface area contributed by atoms with Gasteiger partial charge in [0.1, 0.15) is 5.82 Å². The number of fused-ring (bicyclic) bond motifs is 1. The fourth-order valence-corrected chi connectivity index (χ4v) is 3.49. The van der Waals surface area contributed by atoms with Gasteiger partial charge in [-0.2, -0.15) is 0 Å². The van der Waals surface area contributed by atoms with Crippen LogP contribution in [0.5, 0.6) is 0 Å². The molecule has 3 aromatic rings. The largest absolute Gasteiger partial charge is 0.352 e. The second-order valence-electron chi connectivity index (χ2n) is 5.43. The van der Waals surface area contributed by atoms with E-state index in [1.165, 1.54) is 0 Å². The second-order valence-corrected chi connectivity index (χ2v) is 6.31. The molecule has 8 heteroatoms. The molecule has 1 fully saturated rings. The van der Waals surface area contributed by atoms with E-state index in [1.54, 1.807) is 29.9 Å². The lowest BCUT2D eigenvalue weighted by atomic mass is 10.2. The van der Waals surface area contributed by atoms with Gasteiger partial charge in [-0.1, -0.05) is 0 Å². The molecule has 4 rings (SSSR count). The average Bonchev–Trinajstić information content (AvgIpc) is 3.17. The number of aromatic nitrogens is 4. The molecule has 1 amide bonds. The van der Waals surface area contributed by atoms with Crippen LogP contribution in [-0.4, -0.2) is 56.3 Å². The van der Waals surface area contributed by atoms with Crippen LogP contribution in [0.25, 0.3) is 4.96 Å². The molecule has 0 aliphatic carbocycles. The first-order valence-electron chi connectivity index (χ1n) is 7.49. The summed E-state index contributed by atoms with van der Waals surface area (Å²) in [4.78, 5) is 30.3. The summed E-state index contributed by atoms with van der Waals surface area (Å²) in [6, 6.07) is 0. The van der Waals surface area contributed by atoms with Gasteiger partial charge in [-0.05, 0) is 0 Å². The summed E-state index contributed by atoms with van der Waals surface area (Å²) < 4.78 is 1.96. The maximum atomic E-state index is 12.4. The number of nitrogens with zero attached hydrogens (tertiary/aromatic N) is 6. The van der Waals surface area contributed by atoms with E-state index in [0.29, 0.717) is 19.5 Å². The summed E-state index contributed by atoms with van der Waals surface area (Å²) in [5.41, 5.74) is 0.832. The fraction of sp³-hybridized carbons (Fsp3) is 0.333. The van der Waals surface area contributed by atoms with Gasteiger partial charge in [0, 0.05) is 56.3 Å². The van der Waals surface area contributed by atoms with Gasteiger partial charge in [-0.25, -0.2) is 9.97 Å². The molecule has 1 saturated heterocycles. The van der Waals surface area contributed by atoms with E-state index in [4.69, 9.17) is 0 Å². The molecule has 1 aliphatic rings. The number of amides is 1. The van der Waals surface area contributed by atoms with Crippen LogP contribution in [-0.2, 0) is 11.2 Å². The van der Waals surface area contributed by atoms with E-state index in [1.807, 2.05) is 27.1 Å². The van der Waals surface area contributed by atoms with Crippen molar-refractivity contribution in [1.29, 1.82) is 0 Å². The first-order chi connectivity index (χ1) is 11.3. The highest BCUT2D eigenvalue weighted by molar-refractivity contribution is 7.15. The van der Waals surface area contributed by atoms with E-state index < -0.39 is 0 Å². The standard InChI is InChI=1S/C15H16N6OS/c22-14(9-12-11-21-7-8-23-15(21)18-12)20-5-3-19(4-6-20)13-10-16-1-2-17-13/h1-2,7-8,10-11H,3-6,9H2. The highest BCUT2D eigenvalue weighted by atomic mass is 32.1. The molecule has 0 spiro atoms. The van der Waals surface area contributed by atoms with Crippen molar-refractivity contribution in [3.63, 3.8) is 0 Å². The topological polar surface area (TPSA) is 66.6 Å². The Labute approximate surface area is 137 Å². The Morgan fingerprint density at radius 3 is 2.83 bits per heavy atom. The van der Waals surface area contributed by atoms with Crippen molar-refractivity contribution in [1.82, 2.24) is 24.3 Å². The molecule has 0 unspecified atom stereocenters. The van der Waals surface area contributed by atoms with E-state index in [9.17, 15) is 4.79 Å². The fourth-order valence-electron chi connectivity index (χ4n) is 2.77. The minimum absolute atomic E-state index is 0.134. The van der Waals surface area contributed by atoms with Crippen molar-refractivity contribution in [2.75, 3.05) is 31.1 Å². The SMILES string of the molecule is O=C(Cc1cn2ccsc2n1)N1CCN(c2cnccn2)CC1. The van der Waals surface area contributed by atoms with Gasteiger partial charge in [0.25, 0.3) is 0 Å². The lowest BCUT2D eigenvalue weighted by Gasteiger charge is -2.35. The molecule has 0 atom stereocenters. The molecule has 4 heterocycles. The van der Waals surface area contributed by atoms with Crippen LogP contribution >= 0.6 is 11.3 Å². The Balaban J connectivity index is 1.36. The van der Waals surface area contributed by atoms with Crippen LogP contribution in [0.15, 0.2) is 36.4 Å². The summed E-state index contributed by atoms with van der Waals surface area (Å²) in [6.45, 7) is 2.97. The predicted octanol–water partition coefficient (Wildman–Crippen LogP) is 1.08. The van der Waals surface area contributed by atoms with Gasteiger partial charge < -0.3 is 9.80 Å². The van der Waals surface area contributed by atoms with Crippen LogP contribution < -0.4 is 4.90 Å². The summed E-state index contributed by atoms with van der Waals surface area (Å²) in [7, 11) is 0. The molecule has 23 heavy (non-hydrogen) atoms. The van der Waals surface area contributed by atoms with Gasteiger partial charge >= 0.3 is 0 Å². The normalized spacial score (nSPS) is 15.3. The Morgan fingerprint density at radius 2 is 2.09 bits per heavy atom. The number of hydrogen-bond donors (Lipinski definition) is 0. The van der Waals surface area contributed by atoms with Gasteiger partial charge in [0.2, 0.25) is 5.91 Å².